The summed E-state index contributed by atoms with van der Waals surface area (Å²) in [5.74, 6) is -0.773. The van der Waals surface area contributed by atoms with E-state index in [1.807, 2.05) is 6.92 Å². The van der Waals surface area contributed by atoms with E-state index in [1.54, 1.807) is 6.07 Å². The molecule has 6 heteroatoms. The van der Waals surface area contributed by atoms with E-state index >= 15 is 0 Å². The van der Waals surface area contributed by atoms with Crippen molar-refractivity contribution in [3.8, 4) is 0 Å². The van der Waals surface area contributed by atoms with Crippen LogP contribution in [0.15, 0.2) is 18.2 Å². The fourth-order valence-electron chi connectivity index (χ4n) is 2.28. The molecule has 0 aromatic heterocycles. The van der Waals surface area contributed by atoms with Crippen LogP contribution < -0.4 is 16.0 Å². The Morgan fingerprint density at radius 3 is 2.95 bits per heavy atom. The summed E-state index contributed by atoms with van der Waals surface area (Å²) in [6.07, 6.45) is 2.04. The van der Waals surface area contributed by atoms with Gasteiger partial charge in [0.25, 0.3) is 5.91 Å². The van der Waals surface area contributed by atoms with Crippen LogP contribution in [0.2, 0.25) is 0 Å². The zero-order valence-electron chi connectivity index (χ0n) is 12.0. The van der Waals surface area contributed by atoms with Crippen LogP contribution >= 0.6 is 0 Å². The standard InChI is InChI=1S/C15H20FN3O2/c1-2-8-17-14-11(4-3-5-12(14)16)15(21)18-9-10-6-7-13(20)19-10/h3-5,10,17H,2,6-9H2,1H3,(H,18,21)(H,19,20). The van der Waals surface area contributed by atoms with Crippen molar-refractivity contribution in [2.45, 2.75) is 32.2 Å². The van der Waals surface area contributed by atoms with Crippen molar-refractivity contribution < 1.29 is 14.0 Å². The third-order valence-electron chi connectivity index (χ3n) is 3.40. The molecule has 0 aliphatic carbocycles. The first-order valence-electron chi connectivity index (χ1n) is 7.21. The van der Waals surface area contributed by atoms with Gasteiger partial charge < -0.3 is 16.0 Å². The Labute approximate surface area is 123 Å². The maximum Gasteiger partial charge on any atom is 0.253 e. The largest absolute Gasteiger partial charge is 0.382 e. The van der Waals surface area contributed by atoms with Crippen molar-refractivity contribution in [1.82, 2.24) is 10.6 Å². The van der Waals surface area contributed by atoms with Gasteiger partial charge >= 0.3 is 0 Å². The highest BCUT2D eigenvalue weighted by atomic mass is 19.1. The number of anilines is 1. The molecule has 1 saturated heterocycles. The highest BCUT2D eigenvalue weighted by Crippen LogP contribution is 2.20. The Hall–Kier alpha value is -2.11. The minimum Gasteiger partial charge on any atom is -0.382 e. The van der Waals surface area contributed by atoms with Crippen molar-refractivity contribution in [2.24, 2.45) is 0 Å². The predicted molar refractivity (Wildman–Crippen MR) is 78.7 cm³/mol. The molecule has 0 radical (unpaired) electrons. The van der Waals surface area contributed by atoms with Gasteiger partial charge in [0.05, 0.1) is 11.3 Å². The lowest BCUT2D eigenvalue weighted by atomic mass is 10.1. The molecule has 1 aromatic carbocycles. The number of benzene rings is 1. The van der Waals surface area contributed by atoms with E-state index in [0.29, 0.717) is 25.9 Å². The molecule has 21 heavy (non-hydrogen) atoms. The molecular weight excluding hydrogens is 273 g/mol. The Morgan fingerprint density at radius 2 is 2.29 bits per heavy atom. The predicted octanol–water partition coefficient (Wildman–Crippen LogP) is 1.66. The van der Waals surface area contributed by atoms with Crippen LogP contribution in [0, 0.1) is 5.82 Å². The molecule has 1 unspecified atom stereocenters. The van der Waals surface area contributed by atoms with Gasteiger partial charge in [-0.1, -0.05) is 13.0 Å². The van der Waals surface area contributed by atoms with E-state index < -0.39 is 5.82 Å². The number of hydrogen-bond donors (Lipinski definition) is 3. The van der Waals surface area contributed by atoms with Gasteiger partial charge in [-0.2, -0.15) is 0 Å². The molecule has 2 rings (SSSR count). The normalized spacial score (nSPS) is 17.4. The quantitative estimate of drug-likeness (QED) is 0.747. The molecule has 0 saturated carbocycles. The smallest absolute Gasteiger partial charge is 0.253 e. The van der Waals surface area contributed by atoms with Crippen LogP contribution in [0.5, 0.6) is 0 Å². The summed E-state index contributed by atoms with van der Waals surface area (Å²) in [6, 6.07) is 4.39. The summed E-state index contributed by atoms with van der Waals surface area (Å²) >= 11 is 0. The highest BCUT2D eigenvalue weighted by molar-refractivity contribution is 5.99. The topological polar surface area (TPSA) is 70.2 Å². The number of hydrogen-bond acceptors (Lipinski definition) is 3. The van der Waals surface area contributed by atoms with Crippen LogP contribution in [0.25, 0.3) is 0 Å². The number of amides is 2. The Bertz CT molecular complexity index is 534. The molecule has 1 aliphatic heterocycles. The lowest BCUT2D eigenvalue weighted by molar-refractivity contribution is -0.119. The van der Waals surface area contributed by atoms with Gasteiger partial charge in [0, 0.05) is 25.6 Å². The maximum absolute atomic E-state index is 13.8. The van der Waals surface area contributed by atoms with Crippen molar-refractivity contribution in [3.63, 3.8) is 0 Å². The van der Waals surface area contributed by atoms with Crippen molar-refractivity contribution in [1.29, 1.82) is 0 Å². The summed E-state index contributed by atoms with van der Waals surface area (Å²) in [7, 11) is 0. The first-order chi connectivity index (χ1) is 10.1. The highest BCUT2D eigenvalue weighted by Gasteiger charge is 2.22. The maximum atomic E-state index is 13.8. The number of para-hydroxylation sites is 1. The number of carbonyl (C=O) groups excluding carboxylic acids is 2. The molecule has 0 spiro atoms. The molecule has 114 valence electrons. The summed E-state index contributed by atoms with van der Waals surface area (Å²) in [5, 5.41) is 8.46. The van der Waals surface area contributed by atoms with Gasteiger partial charge in [0.2, 0.25) is 5.91 Å². The van der Waals surface area contributed by atoms with Crippen molar-refractivity contribution in [2.75, 3.05) is 18.4 Å². The van der Waals surface area contributed by atoms with E-state index in [0.717, 1.165) is 6.42 Å². The zero-order chi connectivity index (χ0) is 15.2. The van der Waals surface area contributed by atoms with Gasteiger partial charge in [0.15, 0.2) is 0 Å². The Balaban J connectivity index is 2.01. The molecule has 1 aliphatic rings. The minimum atomic E-state index is -0.440. The average Bonchev–Trinajstić information content (AvgIpc) is 2.89. The third-order valence-corrected chi connectivity index (χ3v) is 3.40. The summed E-state index contributed by atoms with van der Waals surface area (Å²) < 4.78 is 13.8. The van der Waals surface area contributed by atoms with Crippen LogP contribution in [0.1, 0.15) is 36.5 Å². The fraction of sp³-hybridized carbons (Fsp3) is 0.467. The van der Waals surface area contributed by atoms with Gasteiger partial charge in [-0.05, 0) is 25.0 Å². The van der Waals surface area contributed by atoms with Crippen LogP contribution in [0.4, 0.5) is 10.1 Å². The van der Waals surface area contributed by atoms with Gasteiger partial charge in [0.1, 0.15) is 5.82 Å². The minimum absolute atomic E-state index is 0.00491. The van der Waals surface area contributed by atoms with E-state index in [2.05, 4.69) is 16.0 Å². The molecular formula is C15H20FN3O2. The molecule has 1 atom stereocenters. The van der Waals surface area contributed by atoms with Crippen LogP contribution in [0.3, 0.4) is 0 Å². The number of rotatable bonds is 6. The number of halogens is 1. The summed E-state index contributed by atoms with van der Waals surface area (Å²) in [6.45, 7) is 2.92. The molecule has 1 aromatic rings. The lowest BCUT2D eigenvalue weighted by Gasteiger charge is -2.14. The monoisotopic (exact) mass is 293 g/mol. The number of carbonyl (C=O) groups is 2. The van der Waals surface area contributed by atoms with Crippen LogP contribution in [-0.2, 0) is 4.79 Å². The molecule has 0 bridgehead atoms. The van der Waals surface area contributed by atoms with E-state index in [4.69, 9.17) is 0 Å². The molecule has 1 heterocycles. The summed E-state index contributed by atoms with van der Waals surface area (Å²) in [4.78, 5) is 23.3. The van der Waals surface area contributed by atoms with Crippen LogP contribution in [-0.4, -0.2) is 30.9 Å². The first-order valence-corrected chi connectivity index (χ1v) is 7.21. The second-order valence-corrected chi connectivity index (χ2v) is 5.10. The Morgan fingerprint density at radius 1 is 1.48 bits per heavy atom. The fourth-order valence-corrected chi connectivity index (χ4v) is 2.28. The molecule has 2 amide bonds. The second-order valence-electron chi connectivity index (χ2n) is 5.10. The van der Waals surface area contributed by atoms with E-state index in [9.17, 15) is 14.0 Å². The van der Waals surface area contributed by atoms with Crippen molar-refractivity contribution >= 4 is 17.5 Å². The van der Waals surface area contributed by atoms with E-state index in [-0.39, 0.29) is 29.1 Å². The van der Waals surface area contributed by atoms with Gasteiger partial charge in [-0.3, -0.25) is 9.59 Å². The number of nitrogens with one attached hydrogen (secondary N) is 3. The zero-order valence-corrected chi connectivity index (χ0v) is 12.0. The van der Waals surface area contributed by atoms with Gasteiger partial charge in [-0.25, -0.2) is 4.39 Å². The average molecular weight is 293 g/mol. The summed E-state index contributed by atoms with van der Waals surface area (Å²) in [5.41, 5.74) is 0.514. The first kappa shape index (κ1) is 15.3. The van der Waals surface area contributed by atoms with E-state index in [1.165, 1.54) is 12.1 Å². The molecule has 5 nitrogen and oxygen atoms in total. The molecule has 3 N–H and O–H groups in total. The molecule has 1 fully saturated rings. The third kappa shape index (κ3) is 3.93. The Kier molecular flexibility index (Phi) is 5.14. The SMILES string of the molecule is CCCNc1c(F)cccc1C(=O)NCC1CCC(=O)N1. The lowest BCUT2D eigenvalue weighted by Crippen LogP contribution is -2.38. The second kappa shape index (κ2) is 7.06. The van der Waals surface area contributed by atoms with Crippen molar-refractivity contribution in [3.05, 3.63) is 29.6 Å². The van der Waals surface area contributed by atoms with Gasteiger partial charge in [-0.15, -0.1) is 0 Å².